The third-order valence-electron chi connectivity index (χ3n) is 4.55. The van der Waals surface area contributed by atoms with E-state index in [4.69, 9.17) is 5.11 Å². The van der Waals surface area contributed by atoms with Gasteiger partial charge in [-0.1, -0.05) is 19.8 Å². The number of hydrogen-bond acceptors (Lipinski definition) is 3. The second-order valence-electron chi connectivity index (χ2n) is 6.49. The Morgan fingerprint density at radius 1 is 1.12 bits per heavy atom. The Labute approximate surface area is 148 Å². The Bertz CT molecular complexity index is 604. The summed E-state index contributed by atoms with van der Waals surface area (Å²) in [5, 5.41) is 11.8. The maximum absolute atomic E-state index is 12.5. The average Bonchev–Trinajstić information content (AvgIpc) is 2.62. The van der Waals surface area contributed by atoms with E-state index in [9.17, 15) is 14.4 Å². The Morgan fingerprint density at radius 2 is 1.76 bits per heavy atom. The Balaban J connectivity index is 1.86. The normalized spacial score (nSPS) is 15.0. The van der Waals surface area contributed by atoms with E-state index in [1.165, 1.54) is 0 Å². The lowest BCUT2D eigenvalue weighted by Crippen LogP contribution is -2.40. The van der Waals surface area contributed by atoms with Crippen molar-refractivity contribution in [1.82, 2.24) is 4.90 Å². The van der Waals surface area contributed by atoms with Crippen molar-refractivity contribution >= 4 is 23.5 Å². The first-order valence-corrected chi connectivity index (χ1v) is 8.93. The first-order valence-electron chi connectivity index (χ1n) is 8.93. The van der Waals surface area contributed by atoms with E-state index in [1.807, 2.05) is 0 Å². The molecule has 0 atom stereocenters. The first kappa shape index (κ1) is 19.0. The summed E-state index contributed by atoms with van der Waals surface area (Å²) in [6.45, 7) is 3.02. The third-order valence-corrected chi connectivity index (χ3v) is 4.55. The molecule has 25 heavy (non-hydrogen) atoms. The Kier molecular flexibility index (Phi) is 6.98. The molecule has 0 aliphatic carbocycles. The van der Waals surface area contributed by atoms with Gasteiger partial charge in [-0.05, 0) is 43.5 Å². The van der Waals surface area contributed by atoms with Crippen LogP contribution in [0.1, 0.15) is 55.8 Å². The van der Waals surface area contributed by atoms with Crippen molar-refractivity contribution in [2.75, 3.05) is 18.4 Å². The van der Waals surface area contributed by atoms with E-state index in [-0.39, 0.29) is 17.7 Å². The number of aliphatic carboxylic acids is 1. The van der Waals surface area contributed by atoms with Gasteiger partial charge in [0.05, 0.1) is 5.92 Å². The molecule has 2 amide bonds. The molecule has 1 aliphatic rings. The number of anilines is 1. The molecule has 1 saturated heterocycles. The zero-order valence-electron chi connectivity index (χ0n) is 14.7. The highest BCUT2D eigenvalue weighted by Gasteiger charge is 2.27. The van der Waals surface area contributed by atoms with Gasteiger partial charge in [-0.15, -0.1) is 0 Å². The quantitative estimate of drug-likeness (QED) is 0.743. The molecule has 6 nitrogen and oxygen atoms in total. The number of amides is 2. The molecule has 6 heteroatoms. The molecule has 1 heterocycles. The topological polar surface area (TPSA) is 86.7 Å². The predicted molar refractivity (Wildman–Crippen MR) is 95.5 cm³/mol. The van der Waals surface area contributed by atoms with E-state index < -0.39 is 5.97 Å². The van der Waals surface area contributed by atoms with Crippen molar-refractivity contribution in [3.05, 3.63) is 29.8 Å². The molecule has 0 aromatic heterocycles. The highest BCUT2D eigenvalue weighted by molar-refractivity contribution is 5.96. The number of nitrogens with one attached hydrogen (secondary N) is 1. The van der Waals surface area contributed by atoms with Gasteiger partial charge in [-0.25, -0.2) is 0 Å². The van der Waals surface area contributed by atoms with Gasteiger partial charge in [0.2, 0.25) is 5.91 Å². The summed E-state index contributed by atoms with van der Waals surface area (Å²) in [4.78, 5) is 36.9. The lowest BCUT2D eigenvalue weighted by atomic mass is 9.96. The number of carbonyl (C=O) groups is 3. The fraction of sp³-hybridized carbons (Fsp3) is 0.526. The number of carboxylic acids is 1. The fourth-order valence-corrected chi connectivity index (χ4v) is 2.97. The van der Waals surface area contributed by atoms with Gasteiger partial charge in [-0.3, -0.25) is 14.4 Å². The summed E-state index contributed by atoms with van der Waals surface area (Å²) in [6.07, 6.45) is 4.49. The predicted octanol–water partition coefficient (Wildman–Crippen LogP) is 3.14. The number of benzene rings is 1. The largest absolute Gasteiger partial charge is 0.481 e. The minimum atomic E-state index is -0.786. The van der Waals surface area contributed by atoms with Crippen LogP contribution in [0.5, 0.6) is 0 Å². The van der Waals surface area contributed by atoms with Crippen LogP contribution in [-0.2, 0) is 9.59 Å². The highest BCUT2D eigenvalue weighted by atomic mass is 16.4. The molecule has 1 aliphatic heterocycles. The van der Waals surface area contributed by atoms with E-state index in [2.05, 4.69) is 12.2 Å². The number of likely N-dealkylation sites (tertiary alicyclic amines) is 1. The first-order chi connectivity index (χ1) is 12.0. The van der Waals surface area contributed by atoms with Crippen LogP contribution in [0, 0.1) is 5.92 Å². The van der Waals surface area contributed by atoms with E-state index >= 15 is 0 Å². The Morgan fingerprint density at radius 3 is 2.32 bits per heavy atom. The molecule has 2 rings (SSSR count). The minimum absolute atomic E-state index is 0.0109. The van der Waals surface area contributed by atoms with Crippen molar-refractivity contribution in [1.29, 1.82) is 0 Å². The summed E-state index contributed by atoms with van der Waals surface area (Å²) in [5.41, 5.74) is 1.24. The summed E-state index contributed by atoms with van der Waals surface area (Å²) in [5.74, 6) is -1.24. The molecular formula is C19H26N2O4. The summed E-state index contributed by atoms with van der Waals surface area (Å²) in [7, 11) is 0. The van der Waals surface area contributed by atoms with Crippen LogP contribution in [0.4, 0.5) is 5.69 Å². The van der Waals surface area contributed by atoms with Crippen LogP contribution in [0.3, 0.4) is 0 Å². The lowest BCUT2D eigenvalue weighted by Gasteiger charge is -2.30. The molecule has 1 aromatic carbocycles. The van der Waals surface area contributed by atoms with Gasteiger partial charge in [0.1, 0.15) is 0 Å². The Hall–Kier alpha value is -2.37. The van der Waals surface area contributed by atoms with Crippen LogP contribution in [0.25, 0.3) is 0 Å². The molecule has 1 fully saturated rings. The maximum atomic E-state index is 12.5. The molecule has 0 radical (unpaired) electrons. The fourth-order valence-electron chi connectivity index (χ4n) is 2.97. The molecule has 1 aromatic rings. The molecule has 0 unspecified atom stereocenters. The van der Waals surface area contributed by atoms with E-state index in [0.717, 1.165) is 19.3 Å². The van der Waals surface area contributed by atoms with Crippen LogP contribution >= 0.6 is 0 Å². The van der Waals surface area contributed by atoms with Crippen LogP contribution in [0.15, 0.2) is 24.3 Å². The average molecular weight is 346 g/mol. The van der Waals surface area contributed by atoms with Gasteiger partial charge in [0, 0.05) is 30.8 Å². The summed E-state index contributed by atoms with van der Waals surface area (Å²) < 4.78 is 0. The minimum Gasteiger partial charge on any atom is -0.481 e. The van der Waals surface area contributed by atoms with Gasteiger partial charge in [0.25, 0.3) is 5.91 Å². The van der Waals surface area contributed by atoms with Crippen molar-refractivity contribution in [2.45, 2.75) is 45.4 Å². The van der Waals surface area contributed by atoms with Gasteiger partial charge < -0.3 is 15.3 Å². The number of unbranched alkanes of at least 4 members (excludes halogenated alkanes) is 2. The maximum Gasteiger partial charge on any atom is 0.306 e. The molecule has 0 spiro atoms. The molecule has 2 N–H and O–H groups in total. The van der Waals surface area contributed by atoms with Crippen LogP contribution in [0.2, 0.25) is 0 Å². The molecule has 0 saturated carbocycles. The zero-order chi connectivity index (χ0) is 18.2. The number of hydrogen-bond donors (Lipinski definition) is 2. The van der Waals surface area contributed by atoms with Crippen LogP contribution in [-0.4, -0.2) is 40.9 Å². The highest BCUT2D eigenvalue weighted by Crippen LogP contribution is 2.20. The van der Waals surface area contributed by atoms with Gasteiger partial charge >= 0.3 is 5.97 Å². The standard InChI is InChI=1S/C19H26N2O4/c1-2-3-4-5-17(22)20-16-8-6-14(7-9-16)18(23)21-12-10-15(11-13-21)19(24)25/h6-9,15H,2-5,10-13H2,1H3,(H,20,22)(H,24,25). The summed E-state index contributed by atoms with van der Waals surface area (Å²) in [6, 6.07) is 6.87. The van der Waals surface area contributed by atoms with Crippen molar-refractivity contribution < 1.29 is 19.5 Å². The van der Waals surface area contributed by atoms with Crippen molar-refractivity contribution in [3.63, 3.8) is 0 Å². The lowest BCUT2D eigenvalue weighted by molar-refractivity contribution is -0.143. The van der Waals surface area contributed by atoms with Crippen molar-refractivity contribution in [3.8, 4) is 0 Å². The van der Waals surface area contributed by atoms with Gasteiger partial charge in [0.15, 0.2) is 0 Å². The smallest absolute Gasteiger partial charge is 0.306 e. The second-order valence-corrected chi connectivity index (χ2v) is 6.49. The number of rotatable bonds is 7. The van der Waals surface area contributed by atoms with Crippen LogP contribution < -0.4 is 5.32 Å². The monoisotopic (exact) mass is 346 g/mol. The summed E-state index contributed by atoms with van der Waals surface area (Å²) >= 11 is 0. The molecule has 136 valence electrons. The number of nitrogens with zero attached hydrogens (tertiary/aromatic N) is 1. The number of carboxylic acid groups (broad SMARTS) is 1. The zero-order valence-corrected chi connectivity index (χ0v) is 14.7. The number of piperidine rings is 1. The number of carbonyl (C=O) groups excluding carboxylic acids is 2. The van der Waals surface area contributed by atoms with E-state index in [1.54, 1.807) is 29.2 Å². The molecular weight excluding hydrogens is 320 g/mol. The molecule has 0 bridgehead atoms. The second kappa shape index (κ2) is 9.20. The third kappa shape index (κ3) is 5.59. The van der Waals surface area contributed by atoms with Gasteiger partial charge in [-0.2, -0.15) is 0 Å². The van der Waals surface area contributed by atoms with E-state index in [0.29, 0.717) is 43.6 Å². The van der Waals surface area contributed by atoms with Crippen molar-refractivity contribution in [2.24, 2.45) is 5.92 Å². The SMILES string of the molecule is CCCCCC(=O)Nc1ccc(C(=O)N2CCC(C(=O)O)CC2)cc1.